The smallest absolute Gasteiger partial charge is 0.260 e. The molecule has 2 amide bonds. The van der Waals surface area contributed by atoms with Crippen molar-refractivity contribution in [3.8, 4) is 11.3 Å². The molecule has 2 aromatic rings. The topological polar surface area (TPSA) is 69.9 Å². The van der Waals surface area contributed by atoms with Crippen molar-refractivity contribution < 1.29 is 18.5 Å². The van der Waals surface area contributed by atoms with Gasteiger partial charge in [-0.15, -0.1) is 0 Å². The number of unbranched alkanes of at least 4 members (excludes halogenated alkanes) is 3. The molecule has 1 aromatic carbocycles. The summed E-state index contributed by atoms with van der Waals surface area (Å²) < 4.78 is 20.4. The van der Waals surface area contributed by atoms with Gasteiger partial charge < -0.3 is 14.3 Å². The number of piperazine rings is 1. The second-order valence-corrected chi connectivity index (χ2v) is 13.5. The maximum absolute atomic E-state index is 15.0. The molecule has 234 valence electrons. The highest BCUT2D eigenvalue weighted by Crippen LogP contribution is 2.59. The zero-order valence-corrected chi connectivity index (χ0v) is 26.9. The van der Waals surface area contributed by atoms with Gasteiger partial charge in [0.2, 0.25) is 5.91 Å². The maximum atomic E-state index is 15.0. The highest BCUT2D eigenvalue weighted by molar-refractivity contribution is 6.33. The minimum atomic E-state index is -0.545. The predicted octanol–water partition coefficient (Wildman–Crippen LogP) is 6.99. The first kappa shape index (κ1) is 31.7. The molecule has 4 aliphatic rings. The summed E-state index contributed by atoms with van der Waals surface area (Å²) in [5, 5.41) is 4.28. The molecule has 2 fully saturated rings. The first-order chi connectivity index (χ1) is 20.6. The third-order valence-electron chi connectivity index (χ3n) is 10.2. The van der Waals surface area contributed by atoms with Crippen LogP contribution in [0, 0.1) is 30.0 Å². The average Bonchev–Trinajstić information content (AvgIpc) is 3.37. The summed E-state index contributed by atoms with van der Waals surface area (Å²) in [6, 6.07) is 4.44. The summed E-state index contributed by atoms with van der Waals surface area (Å²) in [6.45, 7) is 13.2. The molecular weight excluding hydrogens is 567 g/mol. The van der Waals surface area contributed by atoms with Crippen LogP contribution in [-0.4, -0.2) is 77.5 Å². The summed E-state index contributed by atoms with van der Waals surface area (Å²) in [5.74, 6) is 0.978. The van der Waals surface area contributed by atoms with Gasteiger partial charge in [-0.05, 0) is 55.6 Å². The molecule has 0 radical (unpaired) electrons. The lowest BCUT2D eigenvalue weighted by atomic mass is 9.49. The number of benzene rings is 1. The predicted molar refractivity (Wildman–Crippen MR) is 167 cm³/mol. The monoisotopic (exact) mass is 612 g/mol. The van der Waals surface area contributed by atoms with E-state index in [1.807, 2.05) is 9.80 Å². The Labute approximate surface area is 260 Å². The number of nitrogens with zero attached hydrogens (tertiary/aromatic N) is 4. The van der Waals surface area contributed by atoms with E-state index >= 15 is 0 Å². The molecule has 9 heteroatoms. The fourth-order valence-corrected chi connectivity index (χ4v) is 7.40. The number of carbonyl (C=O) groups excluding carboxylic acids is 2. The van der Waals surface area contributed by atoms with E-state index in [1.54, 1.807) is 13.0 Å². The van der Waals surface area contributed by atoms with Crippen molar-refractivity contribution >= 4 is 23.4 Å². The number of hydrogen-bond acceptors (Lipinski definition) is 5. The molecular formula is C34H46ClFN4O3. The number of amides is 2. The Morgan fingerprint density at radius 3 is 2.60 bits per heavy atom. The first-order valence-electron chi connectivity index (χ1n) is 16.0. The van der Waals surface area contributed by atoms with Crippen LogP contribution >= 0.6 is 11.6 Å². The molecule has 1 saturated carbocycles. The van der Waals surface area contributed by atoms with Gasteiger partial charge in [-0.25, -0.2) is 4.39 Å². The molecule has 7 nitrogen and oxygen atoms in total. The minimum absolute atomic E-state index is 0.0830. The van der Waals surface area contributed by atoms with Gasteiger partial charge in [0.05, 0.1) is 10.6 Å². The molecule has 1 aliphatic heterocycles. The van der Waals surface area contributed by atoms with Gasteiger partial charge in [0.15, 0.2) is 0 Å². The molecule has 2 bridgehead atoms. The lowest BCUT2D eigenvalue weighted by Gasteiger charge is -2.57. The van der Waals surface area contributed by atoms with Gasteiger partial charge in [-0.1, -0.05) is 74.5 Å². The lowest BCUT2D eigenvalue weighted by molar-refractivity contribution is -0.133. The van der Waals surface area contributed by atoms with Gasteiger partial charge in [-0.3, -0.25) is 14.5 Å². The zero-order chi connectivity index (χ0) is 30.7. The van der Waals surface area contributed by atoms with Crippen LogP contribution in [0.1, 0.15) is 81.8 Å². The van der Waals surface area contributed by atoms with Crippen LogP contribution in [0.3, 0.4) is 0 Å². The molecule has 0 N–H and O–H groups in total. The maximum Gasteiger partial charge on any atom is 0.260 e. The minimum Gasteiger partial charge on any atom is -0.360 e. The fourth-order valence-electron chi connectivity index (χ4n) is 7.15. The van der Waals surface area contributed by atoms with Crippen LogP contribution in [0.2, 0.25) is 5.02 Å². The van der Waals surface area contributed by atoms with E-state index in [-0.39, 0.29) is 39.1 Å². The normalized spacial score (nSPS) is 21.3. The molecule has 2 atom stereocenters. The summed E-state index contributed by atoms with van der Waals surface area (Å²) in [6.07, 6.45) is 9.56. The Balaban J connectivity index is 1.30. The lowest BCUT2D eigenvalue weighted by Crippen LogP contribution is -2.52. The molecule has 1 aromatic heterocycles. The zero-order valence-electron chi connectivity index (χ0n) is 26.1. The van der Waals surface area contributed by atoms with Crippen molar-refractivity contribution in [3.05, 3.63) is 52.0 Å². The molecule has 6 rings (SSSR count). The Bertz CT molecular complexity index is 1330. The highest BCUT2D eigenvalue weighted by atomic mass is 35.5. The molecule has 2 unspecified atom stereocenters. The van der Waals surface area contributed by atoms with Gasteiger partial charge in [0.1, 0.15) is 22.8 Å². The Hall–Kier alpha value is -2.71. The molecule has 1 saturated heterocycles. The number of hydrogen-bond donors (Lipinski definition) is 0. The van der Waals surface area contributed by atoms with E-state index in [1.165, 1.54) is 24.1 Å². The SMILES string of the molecule is CCCCCCC(=O)N1CCN(CCN(CC2=CCC3CC2C3(C)C)C(=O)c2c(-c3c(F)cccc3Cl)noc2C)CC1. The van der Waals surface area contributed by atoms with Crippen LogP contribution < -0.4 is 0 Å². The van der Waals surface area contributed by atoms with Crippen LogP contribution in [-0.2, 0) is 4.79 Å². The van der Waals surface area contributed by atoms with Gasteiger partial charge >= 0.3 is 0 Å². The summed E-state index contributed by atoms with van der Waals surface area (Å²) in [5.41, 5.74) is 2.02. The number of fused-ring (bicyclic) bond motifs is 1. The van der Waals surface area contributed by atoms with E-state index in [2.05, 4.69) is 36.9 Å². The van der Waals surface area contributed by atoms with E-state index in [0.717, 1.165) is 45.2 Å². The Morgan fingerprint density at radius 1 is 1.16 bits per heavy atom. The van der Waals surface area contributed by atoms with E-state index in [9.17, 15) is 14.0 Å². The number of halogens is 2. The standard InChI is InChI=1S/C34H46ClFN4O3/c1-5-6-7-8-12-29(41)39-18-15-38(16-19-39)17-20-40(22-24-13-14-25-21-26(24)34(25,3)4)33(42)30-23(2)43-37-32(30)31-27(35)10-9-11-28(31)36/h9-11,13,25-26H,5-8,12,14-22H2,1-4H3. The van der Waals surface area contributed by atoms with Gasteiger partial charge in [0, 0.05) is 52.2 Å². The Kier molecular flexibility index (Phi) is 9.96. The molecule has 2 heterocycles. The number of aromatic nitrogens is 1. The van der Waals surface area contributed by atoms with Crippen molar-refractivity contribution in [2.75, 3.05) is 45.8 Å². The summed E-state index contributed by atoms with van der Waals surface area (Å²) in [4.78, 5) is 33.2. The molecule has 0 spiro atoms. The number of carbonyl (C=O) groups is 2. The number of rotatable bonds is 12. The van der Waals surface area contributed by atoms with E-state index < -0.39 is 5.82 Å². The van der Waals surface area contributed by atoms with Crippen LogP contribution in [0.15, 0.2) is 34.4 Å². The van der Waals surface area contributed by atoms with Crippen LogP contribution in [0.25, 0.3) is 11.3 Å². The average molecular weight is 613 g/mol. The van der Waals surface area contributed by atoms with Crippen molar-refractivity contribution in [3.63, 3.8) is 0 Å². The molecule has 3 aliphatic carbocycles. The molecule has 43 heavy (non-hydrogen) atoms. The van der Waals surface area contributed by atoms with E-state index in [4.69, 9.17) is 16.1 Å². The second kappa shape index (κ2) is 13.5. The fraction of sp³-hybridized carbons (Fsp3) is 0.618. The van der Waals surface area contributed by atoms with Gasteiger partial charge in [-0.2, -0.15) is 0 Å². The quantitative estimate of drug-likeness (QED) is 0.191. The highest BCUT2D eigenvalue weighted by Gasteiger charge is 2.51. The van der Waals surface area contributed by atoms with E-state index in [0.29, 0.717) is 56.7 Å². The number of aryl methyl sites for hydroxylation is 1. The third-order valence-corrected chi connectivity index (χ3v) is 10.5. The van der Waals surface area contributed by atoms with Crippen LogP contribution in [0.5, 0.6) is 0 Å². The van der Waals surface area contributed by atoms with Crippen LogP contribution in [0.4, 0.5) is 4.39 Å². The number of allylic oxidation sites excluding steroid dienone is 1. The van der Waals surface area contributed by atoms with Crippen molar-refractivity contribution in [1.29, 1.82) is 0 Å². The summed E-state index contributed by atoms with van der Waals surface area (Å²) >= 11 is 6.39. The largest absolute Gasteiger partial charge is 0.360 e. The second-order valence-electron chi connectivity index (χ2n) is 13.1. The van der Waals surface area contributed by atoms with Crippen molar-refractivity contribution in [2.45, 2.75) is 72.6 Å². The third kappa shape index (κ3) is 6.70. The first-order valence-corrected chi connectivity index (χ1v) is 16.4. The Morgan fingerprint density at radius 2 is 1.93 bits per heavy atom. The van der Waals surface area contributed by atoms with Crippen molar-refractivity contribution in [1.82, 2.24) is 19.9 Å². The van der Waals surface area contributed by atoms with Gasteiger partial charge in [0.25, 0.3) is 5.91 Å². The van der Waals surface area contributed by atoms with Crippen molar-refractivity contribution in [2.24, 2.45) is 17.3 Å². The summed E-state index contributed by atoms with van der Waals surface area (Å²) in [7, 11) is 0.